The number of aromatic nitrogens is 1. The zero-order valence-corrected chi connectivity index (χ0v) is 23.3. The molecule has 2 fully saturated rings. The van der Waals surface area contributed by atoms with E-state index in [2.05, 4.69) is 10.3 Å². The highest BCUT2D eigenvalue weighted by molar-refractivity contribution is 6.23. The summed E-state index contributed by atoms with van der Waals surface area (Å²) < 4.78 is 41.9. The molecule has 0 bridgehead atoms. The van der Waals surface area contributed by atoms with E-state index < -0.39 is 71.2 Å². The third kappa shape index (κ3) is 5.51. The second-order valence-electron chi connectivity index (χ2n) is 10.9. The van der Waals surface area contributed by atoms with E-state index in [0.717, 1.165) is 11.0 Å². The average molecular weight is 598 g/mol. The van der Waals surface area contributed by atoms with E-state index in [4.69, 9.17) is 11.6 Å². The van der Waals surface area contributed by atoms with E-state index in [9.17, 15) is 32.8 Å². The number of pyridine rings is 1. The van der Waals surface area contributed by atoms with Crippen molar-refractivity contribution in [2.45, 2.75) is 62.0 Å². The Morgan fingerprint density at radius 2 is 2.00 bits per heavy atom. The van der Waals surface area contributed by atoms with Crippen molar-refractivity contribution in [3.63, 3.8) is 0 Å². The maximum absolute atomic E-state index is 14.6. The molecule has 3 amide bonds. The highest BCUT2D eigenvalue weighted by Crippen LogP contribution is 2.42. The highest BCUT2D eigenvalue weighted by Gasteiger charge is 2.53. The number of benzene rings is 1. The number of alkyl halides is 3. The van der Waals surface area contributed by atoms with E-state index in [-0.39, 0.29) is 29.9 Å². The van der Waals surface area contributed by atoms with Crippen LogP contribution in [0.15, 0.2) is 66.9 Å². The minimum atomic E-state index is -2.91. The predicted octanol–water partition coefficient (Wildman–Crippen LogP) is 4.64. The van der Waals surface area contributed by atoms with Crippen LogP contribution in [-0.4, -0.2) is 52.1 Å². The Morgan fingerprint density at radius 1 is 1.24 bits per heavy atom. The fraction of sp³-hybridized carbons (Fsp3) is 0.367. The molecule has 2 heterocycles. The molecule has 12 heteroatoms. The first-order valence-electron chi connectivity index (χ1n) is 13.4. The molecule has 1 aromatic heterocycles. The van der Waals surface area contributed by atoms with Crippen LogP contribution in [0.5, 0.6) is 0 Å². The van der Waals surface area contributed by atoms with Gasteiger partial charge in [0.1, 0.15) is 23.7 Å². The largest absolute Gasteiger partial charge is 0.351 e. The molecule has 1 saturated carbocycles. The molecule has 42 heavy (non-hydrogen) atoms. The molecular formula is C30H27ClF3N5O3. The van der Waals surface area contributed by atoms with E-state index >= 15 is 0 Å². The lowest BCUT2D eigenvalue weighted by Gasteiger charge is -2.46. The molecule has 1 aliphatic heterocycles. The van der Waals surface area contributed by atoms with E-state index in [1.165, 1.54) is 41.4 Å². The molecule has 2 aromatic rings. The number of hydrogen-bond donors (Lipinski definition) is 1. The first-order valence-corrected chi connectivity index (χ1v) is 13.8. The van der Waals surface area contributed by atoms with Crippen LogP contribution < -0.4 is 15.1 Å². The van der Waals surface area contributed by atoms with Crippen LogP contribution >= 0.6 is 11.6 Å². The lowest BCUT2D eigenvalue weighted by Crippen LogP contribution is -2.64. The van der Waals surface area contributed by atoms with E-state index in [0.29, 0.717) is 0 Å². The molecule has 0 spiro atoms. The van der Waals surface area contributed by atoms with E-state index in [1.54, 1.807) is 31.2 Å². The van der Waals surface area contributed by atoms with Crippen molar-refractivity contribution < 1.29 is 27.6 Å². The monoisotopic (exact) mass is 597 g/mol. The molecular weight excluding hydrogens is 571 g/mol. The number of rotatable bonds is 7. The number of carbonyl (C=O) groups excluding carboxylic acids is 3. The van der Waals surface area contributed by atoms with Crippen molar-refractivity contribution in [2.24, 2.45) is 5.41 Å². The van der Waals surface area contributed by atoms with Gasteiger partial charge in [0.05, 0.1) is 17.0 Å². The third-order valence-corrected chi connectivity index (χ3v) is 8.53. The zero-order valence-electron chi connectivity index (χ0n) is 22.5. The SMILES string of the molecule is CC1([C@@H](C(=O)NC2CC(F)(F)C2)N(C(=O)[C@@H]2CCC(=O)N2c2cc(C#N)ccn2)c2cccc(F)c2)C=CC=CC1Cl. The summed E-state index contributed by atoms with van der Waals surface area (Å²) in [5, 5.41) is 11.2. The van der Waals surface area contributed by atoms with Crippen LogP contribution in [0.25, 0.3) is 0 Å². The molecule has 5 rings (SSSR count). The number of anilines is 2. The molecule has 4 atom stereocenters. The van der Waals surface area contributed by atoms with Gasteiger partial charge in [-0.15, -0.1) is 11.6 Å². The van der Waals surface area contributed by atoms with Gasteiger partial charge in [-0.25, -0.2) is 18.2 Å². The number of hydrogen-bond acceptors (Lipinski definition) is 5. The average Bonchev–Trinajstić information content (AvgIpc) is 3.33. The number of nitriles is 1. The molecule has 1 saturated heterocycles. The summed E-state index contributed by atoms with van der Waals surface area (Å²) in [5.74, 6) is -5.40. The second-order valence-corrected chi connectivity index (χ2v) is 11.4. The van der Waals surface area contributed by atoms with Crippen LogP contribution in [0.2, 0.25) is 0 Å². The van der Waals surface area contributed by atoms with Crippen LogP contribution in [-0.2, 0) is 14.4 Å². The van der Waals surface area contributed by atoms with Crippen LogP contribution in [0.3, 0.4) is 0 Å². The number of amides is 3. The maximum Gasteiger partial charge on any atom is 0.252 e. The number of carbonyl (C=O) groups is 3. The Balaban J connectivity index is 1.61. The standard InChI is InChI=1S/C30H27ClF3N5O3/c1-29(11-3-2-7-23(29)31)26(27(41)37-20-15-30(33,34)16-20)38(21-6-4-5-19(32)14-21)28(42)22-8-9-25(40)39(22)24-13-18(17-35)10-12-36-24/h2-7,10-14,20,22-23,26H,8-9,15-16H2,1H3,(H,37,41)/t22-,23?,26+,29?/m0/s1. The number of nitrogens with zero attached hydrogens (tertiary/aromatic N) is 4. The van der Waals surface area contributed by atoms with Gasteiger partial charge in [-0.05, 0) is 36.8 Å². The predicted molar refractivity (Wildman–Crippen MR) is 149 cm³/mol. The van der Waals surface area contributed by atoms with Gasteiger partial charge in [0.15, 0.2) is 0 Å². The van der Waals surface area contributed by atoms with Crippen molar-refractivity contribution in [3.05, 3.63) is 78.3 Å². The lowest BCUT2D eigenvalue weighted by molar-refractivity contribution is -0.134. The lowest BCUT2D eigenvalue weighted by atomic mass is 9.74. The molecule has 218 valence electrons. The minimum absolute atomic E-state index is 0.0160. The Morgan fingerprint density at radius 3 is 2.67 bits per heavy atom. The van der Waals surface area contributed by atoms with Crippen molar-refractivity contribution in [1.29, 1.82) is 5.26 Å². The summed E-state index contributed by atoms with van der Waals surface area (Å²) in [6.07, 6.45) is 6.90. The molecule has 8 nitrogen and oxygen atoms in total. The molecule has 2 aliphatic carbocycles. The summed E-state index contributed by atoms with van der Waals surface area (Å²) in [6.45, 7) is 1.65. The van der Waals surface area contributed by atoms with Gasteiger partial charge in [0, 0.05) is 42.6 Å². The Labute approximate surface area is 245 Å². The quantitative estimate of drug-likeness (QED) is 0.468. The van der Waals surface area contributed by atoms with Crippen molar-refractivity contribution >= 4 is 40.8 Å². The topological polar surface area (TPSA) is 106 Å². The van der Waals surface area contributed by atoms with Crippen molar-refractivity contribution in [1.82, 2.24) is 10.3 Å². The van der Waals surface area contributed by atoms with Gasteiger partial charge in [0.25, 0.3) is 11.8 Å². The van der Waals surface area contributed by atoms with Crippen LogP contribution in [0.1, 0.15) is 38.2 Å². The smallest absolute Gasteiger partial charge is 0.252 e. The fourth-order valence-electron chi connectivity index (χ4n) is 5.70. The first kappa shape index (κ1) is 29.3. The number of allylic oxidation sites excluding steroid dienone is 3. The van der Waals surface area contributed by atoms with Gasteiger partial charge < -0.3 is 5.32 Å². The van der Waals surface area contributed by atoms with Gasteiger partial charge in [-0.3, -0.25) is 24.2 Å². The van der Waals surface area contributed by atoms with Gasteiger partial charge in [-0.1, -0.05) is 37.3 Å². The number of nitrogens with one attached hydrogen (secondary N) is 1. The molecule has 3 aliphatic rings. The number of halogens is 4. The Bertz CT molecular complexity index is 1520. The minimum Gasteiger partial charge on any atom is -0.351 e. The Hall–Kier alpha value is -4.17. The molecule has 1 N–H and O–H groups in total. The summed E-state index contributed by atoms with van der Waals surface area (Å²) >= 11 is 6.75. The summed E-state index contributed by atoms with van der Waals surface area (Å²) in [6, 6.07) is 6.46. The van der Waals surface area contributed by atoms with Crippen LogP contribution in [0.4, 0.5) is 24.7 Å². The molecule has 0 radical (unpaired) electrons. The molecule has 1 aromatic carbocycles. The maximum atomic E-state index is 14.6. The third-order valence-electron chi connectivity index (χ3n) is 7.92. The van der Waals surface area contributed by atoms with Crippen molar-refractivity contribution in [2.75, 3.05) is 9.80 Å². The first-order chi connectivity index (χ1) is 19.9. The fourth-order valence-corrected chi connectivity index (χ4v) is 5.98. The summed E-state index contributed by atoms with van der Waals surface area (Å²) in [4.78, 5) is 48.2. The summed E-state index contributed by atoms with van der Waals surface area (Å²) in [5.41, 5.74) is -1.04. The summed E-state index contributed by atoms with van der Waals surface area (Å²) in [7, 11) is 0. The zero-order chi connectivity index (χ0) is 30.2. The highest BCUT2D eigenvalue weighted by atomic mass is 35.5. The van der Waals surface area contributed by atoms with Crippen molar-refractivity contribution in [3.8, 4) is 6.07 Å². The second kappa shape index (κ2) is 11.2. The van der Waals surface area contributed by atoms with Gasteiger partial charge in [-0.2, -0.15) is 5.26 Å². The van der Waals surface area contributed by atoms with Crippen LogP contribution in [0, 0.1) is 22.6 Å². The Kier molecular flexibility index (Phi) is 7.86. The van der Waals surface area contributed by atoms with Gasteiger partial charge in [0.2, 0.25) is 11.8 Å². The molecule has 2 unspecified atom stereocenters. The normalized spacial score (nSPS) is 25.4. The van der Waals surface area contributed by atoms with E-state index in [1.807, 2.05) is 6.07 Å². The van der Waals surface area contributed by atoms with Gasteiger partial charge >= 0.3 is 0 Å².